The molecule has 0 radical (unpaired) electrons. The van der Waals surface area contributed by atoms with E-state index in [0.29, 0.717) is 22.8 Å². The second-order valence-electron chi connectivity index (χ2n) is 5.09. The maximum absolute atomic E-state index is 13.1. The second-order valence-corrected chi connectivity index (χ2v) is 6.70. The number of carbonyl (C=O) groups excluding carboxylic acids is 1. The molecule has 0 N–H and O–H groups in total. The standard InChI is InChI=1S/C14H18FNO6S/c1-20-9-4-12(21-2)11(13(5-9)22-3)8-16-7-10(6-14(16)17)23(15,18)19/h4-5,10H,6-8H2,1-3H3. The zero-order valence-electron chi connectivity index (χ0n) is 13.0. The van der Waals surface area contributed by atoms with Crippen molar-refractivity contribution in [1.82, 2.24) is 4.90 Å². The molecule has 23 heavy (non-hydrogen) atoms. The van der Waals surface area contributed by atoms with E-state index in [2.05, 4.69) is 0 Å². The van der Waals surface area contributed by atoms with Gasteiger partial charge in [-0.25, -0.2) is 0 Å². The molecule has 1 fully saturated rings. The van der Waals surface area contributed by atoms with Crippen LogP contribution in [0.3, 0.4) is 0 Å². The number of benzene rings is 1. The lowest BCUT2D eigenvalue weighted by atomic mass is 10.1. The van der Waals surface area contributed by atoms with Crippen molar-refractivity contribution in [3.63, 3.8) is 0 Å². The molecule has 1 aromatic carbocycles. The van der Waals surface area contributed by atoms with E-state index in [1.165, 1.54) is 26.2 Å². The van der Waals surface area contributed by atoms with Crippen molar-refractivity contribution in [2.45, 2.75) is 18.2 Å². The quantitative estimate of drug-likeness (QED) is 0.717. The second kappa shape index (κ2) is 6.61. The maximum atomic E-state index is 13.1. The van der Waals surface area contributed by atoms with Gasteiger partial charge in [-0.15, -0.1) is 3.89 Å². The molecular weight excluding hydrogens is 329 g/mol. The monoisotopic (exact) mass is 347 g/mol. The Bertz CT molecular complexity index is 680. The largest absolute Gasteiger partial charge is 0.496 e. The van der Waals surface area contributed by atoms with Gasteiger partial charge in [0.15, 0.2) is 0 Å². The van der Waals surface area contributed by atoms with Crippen LogP contribution in [-0.2, 0) is 21.6 Å². The zero-order chi connectivity index (χ0) is 17.2. The van der Waals surface area contributed by atoms with Crippen LogP contribution in [0.15, 0.2) is 12.1 Å². The number of rotatable bonds is 6. The van der Waals surface area contributed by atoms with Gasteiger partial charge in [-0.1, -0.05) is 0 Å². The summed E-state index contributed by atoms with van der Waals surface area (Å²) in [5.41, 5.74) is 0.557. The van der Waals surface area contributed by atoms with E-state index in [9.17, 15) is 17.1 Å². The van der Waals surface area contributed by atoms with E-state index in [1.54, 1.807) is 12.1 Å². The first-order chi connectivity index (χ1) is 10.8. The third kappa shape index (κ3) is 3.66. The van der Waals surface area contributed by atoms with Crippen molar-refractivity contribution in [2.75, 3.05) is 27.9 Å². The Hall–Kier alpha value is -2.03. The number of carbonyl (C=O) groups is 1. The van der Waals surface area contributed by atoms with Crippen molar-refractivity contribution in [3.8, 4) is 17.2 Å². The summed E-state index contributed by atoms with van der Waals surface area (Å²) >= 11 is 0. The minimum atomic E-state index is -4.75. The van der Waals surface area contributed by atoms with Gasteiger partial charge < -0.3 is 19.1 Å². The average molecular weight is 347 g/mol. The highest BCUT2D eigenvalue weighted by atomic mass is 32.3. The van der Waals surface area contributed by atoms with Gasteiger partial charge in [0.05, 0.1) is 33.4 Å². The molecule has 9 heteroatoms. The normalized spacial score (nSPS) is 18.2. The molecule has 0 aliphatic carbocycles. The number of halogens is 1. The fourth-order valence-electron chi connectivity index (χ4n) is 2.50. The van der Waals surface area contributed by atoms with Crippen molar-refractivity contribution >= 4 is 16.1 Å². The topological polar surface area (TPSA) is 82.1 Å². The van der Waals surface area contributed by atoms with Crippen LogP contribution in [0.25, 0.3) is 0 Å². The Morgan fingerprint density at radius 2 is 1.74 bits per heavy atom. The van der Waals surface area contributed by atoms with Crippen LogP contribution in [0, 0.1) is 0 Å². The average Bonchev–Trinajstić information content (AvgIpc) is 2.88. The first-order valence-electron chi connectivity index (χ1n) is 6.80. The van der Waals surface area contributed by atoms with E-state index in [0.717, 1.165) is 0 Å². The summed E-state index contributed by atoms with van der Waals surface area (Å²) in [6.07, 6.45) is -0.361. The molecule has 1 aromatic rings. The Kier molecular flexibility index (Phi) is 4.98. The minimum absolute atomic E-state index is 0.0567. The van der Waals surface area contributed by atoms with Gasteiger partial charge >= 0.3 is 10.2 Å². The van der Waals surface area contributed by atoms with E-state index >= 15 is 0 Å². The number of hydrogen-bond donors (Lipinski definition) is 0. The van der Waals surface area contributed by atoms with Crippen LogP contribution in [0.1, 0.15) is 12.0 Å². The summed E-state index contributed by atoms with van der Waals surface area (Å²) in [5, 5.41) is -1.33. The molecule has 0 spiro atoms. The Morgan fingerprint density at radius 3 is 2.13 bits per heavy atom. The van der Waals surface area contributed by atoms with Crippen LogP contribution >= 0.6 is 0 Å². The van der Waals surface area contributed by atoms with Gasteiger partial charge in [-0.05, 0) is 0 Å². The number of amides is 1. The van der Waals surface area contributed by atoms with Crippen molar-refractivity contribution in [1.29, 1.82) is 0 Å². The molecule has 0 saturated carbocycles. The van der Waals surface area contributed by atoms with Crippen LogP contribution in [0.4, 0.5) is 3.89 Å². The molecule has 1 aliphatic heterocycles. The third-order valence-corrected chi connectivity index (χ3v) is 4.86. The number of methoxy groups -OCH3 is 3. The number of likely N-dealkylation sites (tertiary alicyclic amines) is 1. The highest BCUT2D eigenvalue weighted by Crippen LogP contribution is 2.36. The molecule has 128 valence electrons. The molecule has 0 aromatic heterocycles. The summed E-state index contributed by atoms with van der Waals surface area (Å²) in [6.45, 7) is -0.142. The SMILES string of the molecule is COc1cc(OC)c(CN2CC(S(=O)(=O)F)CC2=O)c(OC)c1. The van der Waals surface area contributed by atoms with Gasteiger partial charge in [-0.2, -0.15) is 8.42 Å². The smallest absolute Gasteiger partial charge is 0.307 e. The minimum Gasteiger partial charge on any atom is -0.496 e. The van der Waals surface area contributed by atoms with Crippen molar-refractivity contribution in [3.05, 3.63) is 17.7 Å². The Balaban J connectivity index is 2.31. The molecule has 7 nitrogen and oxygen atoms in total. The van der Waals surface area contributed by atoms with Gasteiger partial charge in [0.25, 0.3) is 0 Å². The van der Waals surface area contributed by atoms with E-state index < -0.39 is 21.4 Å². The summed E-state index contributed by atoms with van der Waals surface area (Å²) in [5.74, 6) is 0.941. The predicted octanol–water partition coefficient (Wildman–Crippen LogP) is 1.11. The van der Waals surface area contributed by atoms with E-state index in [-0.39, 0.29) is 19.5 Å². The summed E-state index contributed by atoms with van der Waals surface area (Å²) in [7, 11) is -0.340. The Labute approximate surface area is 134 Å². The van der Waals surface area contributed by atoms with Gasteiger partial charge in [0, 0.05) is 25.1 Å². The Morgan fingerprint density at radius 1 is 1.17 bits per heavy atom. The van der Waals surface area contributed by atoms with Crippen LogP contribution in [0.2, 0.25) is 0 Å². The molecule has 1 saturated heterocycles. The summed E-state index contributed by atoms with van der Waals surface area (Å²) < 4.78 is 50.8. The van der Waals surface area contributed by atoms with Crippen LogP contribution in [-0.4, -0.2) is 52.3 Å². The van der Waals surface area contributed by atoms with Crippen molar-refractivity contribution < 1.29 is 31.3 Å². The molecule has 2 rings (SSSR count). The molecular formula is C14H18FNO6S. The van der Waals surface area contributed by atoms with Gasteiger partial charge in [0.1, 0.15) is 22.5 Å². The summed E-state index contributed by atoms with van der Waals surface area (Å²) in [6, 6.07) is 3.25. The third-order valence-electron chi connectivity index (χ3n) is 3.74. The first kappa shape index (κ1) is 17.3. The lowest BCUT2D eigenvalue weighted by Gasteiger charge is -2.20. The number of ether oxygens (including phenoxy) is 3. The summed E-state index contributed by atoms with van der Waals surface area (Å²) in [4.78, 5) is 13.2. The molecule has 1 aliphatic rings. The molecule has 1 heterocycles. The van der Waals surface area contributed by atoms with Crippen LogP contribution in [0.5, 0.6) is 17.2 Å². The van der Waals surface area contributed by atoms with E-state index in [4.69, 9.17) is 14.2 Å². The fourth-order valence-corrected chi connectivity index (χ4v) is 3.20. The van der Waals surface area contributed by atoms with E-state index in [1.807, 2.05) is 0 Å². The number of nitrogens with zero attached hydrogens (tertiary/aromatic N) is 1. The zero-order valence-corrected chi connectivity index (χ0v) is 13.9. The van der Waals surface area contributed by atoms with Crippen LogP contribution < -0.4 is 14.2 Å². The molecule has 1 amide bonds. The van der Waals surface area contributed by atoms with Gasteiger partial charge in [0.2, 0.25) is 5.91 Å². The highest BCUT2D eigenvalue weighted by molar-refractivity contribution is 7.87. The first-order valence-corrected chi connectivity index (χ1v) is 8.25. The number of hydrogen-bond acceptors (Lipinski definition) is 6. The maximum Gasteiger partial charge on any atom is 0.307 e. The predicted molar refractivity (Wildman–Crippen MR) is 79.9 cm³/mol. The highest BCUT2D eigenvalue weighted by Gasteiger charge is 2.39. The lowest BCUT2D eigenvalue weighted by molar-refractivity contribution is -0.128. The fraction of sp³-hybridized carbons (Fsp3) is 0.500. The molecule has 0 bridgehead atoms. The molecule has 1 atom stereocenters. The lowest BCUT2D eigenvalue weighted by Crippen LogP contribution is -2.27. The van der Waals surface area contributed by atoms with Crippen molar-refractivity contribution in [2.24, 2.45) is 0 Å². The molecule has 1 unspecified atom stereocenters. The van der Waals surface area contributed by atoms with Gasteiger partial charge in [-0.3, -0.25) is 4.79 Å².